The minimum atomic E-state index is 0.259. The van der Waals surface area contributed by atoms with Crippen LogP contribution >= 0.6 is 15.9 Å². The van der Waals surface area contributed by atoms with Crippen LogP contribution in [-0.2, 0) is 11.3 Å². The zero-order valence-electron chi connectivity index (χ0n) is 12.9. The predicted molar refractivity (Wildman–Crippen MR) is 86.8 cm³/mol. The van der Waals surface area contributed by atoms with Gasteiger partial charge in [-0.1, -0.05) is 13.8 Å². The van der Waals surface area contributed by atoms with E-state index in [0.29, 0.717) is 11.8 Å². The normalized spacial score (nSPS) is 14.5. The predicted octanol–water partition coefficient (Wildman–Crippen LogP) is 3.72. The standard InChI is InChI=1S/C16H24BrNO3/c1-11(2)18-8-13-6-14(17)16(15(7-13)19-3)21-10-20-9-12-4-5-12/h6-7,11-12,18H,4-5,8-10H2,1-3H3. The molecule has 0 saturated heterocycles. The summed E-state index contributed by atoms with van der Waals surface area (Å²) in [6.45, 7) is 6.10. The molecule has 1 aliphatic rings. The molecule has 0 spiro atoms. The van der Waals surface area contributed by atoms with Gasteiger partial charge in [0, 0.05) is 12.6 Å². The minimum absolute atomic E-state index is 0.259. The lowest BCUT2D eigenvalue weighted by atomic mass is 10.2. The monoisotopic (exact) mass is 357 g/mol. The van der Waals surface area contributed by atoms with E-state index < -0.39 is 0 Å². The molecule has 1 saturated carbocycles. The van der Waals surface area contributed by atoms with E-state index >= 15 is 0 Å². The lowest BCUT2D eigenvalue weighted by Gasteiger charge is -2.15. The van der Waals surface area contributed by atoms with E-state index in [2.05, 4.69) is 35.1 Å². The fourth-order valence-corrected chi connectivity index (χ4v) is 2.54. The highest BCUT2D eigenvalue weighted by atomic mass is 79.9. The third kappa shape index (κ3) is 5.49. The van der Waals surface area contributed by atoms with Gasteiger partial charge in [-0.15, -0.1) is 0 Å². The number of methoxy groups -OCH3 is 1. The Balaban J connectivity index is 1.94. The average Bonchev–Trinajstić information content (AvgIpc) is 3.26. The van der Waals surface area contributed by atoms with Gasteiger partial charge in [-0.3, -0.25) is 0 Å². The molecule has 0 atom stereocenters. The maximum atomic E-state index is 5.70. The molecule has 5 heteroatoms. The van der Waals surface area contributed by atoms with Crippen LogP contribution in [-0.4, -0.2) is 26.6 Å². The lowest BCUT2D eigenvalue weighted by molar-refractivity contribution is 0.00821. The van der Waals surface area contributed by atoms with Crippen molar-refractivity contribution in [3.63, 3.8) is 0 Å². The van der Waals surface area contributed by atoms with Gasteiger partial charge in [0.1, 0.15) is 0 Å². The average molecular weight is 358 g/mol. The molecule has 1 fully saturated rings. The summed E-state index contributed by atoms with van der Waals surface area (Å²) < 4.78 is 17.5. The third-order valence-electron chi connectivity index (χ3n) is 3.34. The third-order valence-corrected chi connectivity index (χ3v) is 3.93. The van der Waals surface area contributed by atoms with Crippen LogP contribution in [0.1, 0.15) is 32.3 Å². The molecule has 1 aromatic rings. The van der Waals surface area contributed by atoms with Crippen molar-refractivity contribution in [2.75, 3.05) is 20.5 Å². The SMILES string of the molecule is COc1cc(CNC(C)C)cc(Br)c1OCOCC1CC1. The Morgan fingerprint density at radius 2 is 2.10 bits per heavy atom. The van der Waals surface area contributed by atoms with E-state index in [1.807, 2.05) is 12.1 Å². The highest BCUT2D eigenvalue weighted by Gasteiger charge is 2.21. The van der Waals surface area contributed by atoms with Crippen molar-refractivity contribution in [1.82, 2.24) is 5.32 Å². The van der Waals surface area contributed by atoms with Crippen LogP contribution < -0.4 is 14.8 Å². The molecule has 118 valence electrons. The second-order valence-corrected chi connectivity index (χ2v) is 6.58. The lowest BCUT2D eigenvalue weighted by Crippen LogP contribution is -2.21. The topological polar surface area (TPSA) is 39.7 Å². The summed E-state index contributed by atoms with van der Waals surface area (Å²) in [4.78, 5) is 0. The molecule has 0 radical (unpaired) electrons. The van der Waals surface area contributed by atoms with Crippen molar-refractivity contribution in [2.45, 2.75) is 39.3 Å². The van der Waals surface area contributed by atoms with Gasteiger partial charge < -0.3 is 19.5 Å². The van der Waals surface area contributed by atoms with E-state index in [4.69, 9.17) is 14.2 Å². The fourth-order valence-electron chi connectivity index (χ4n) is 1.94. The molecule has 1 aliphatic carbocycles. The second-order valence-electron chi connectivity index (χ2n) is 5.72. The molecule has 1 N–H and O–H groups in total. The van der Waals surface area contributed by atoms with E-state index in [1.165, 1.54) is 12.8 Å². The van der Waals surface area contributed by atoms with Crippen LogP contribution in [0.3, 0.4) is 0 Å². The number of rotatable bonds is 9. The molecule has 1 aromatic carbocycles. The van der Waals surface area contributed by atoms with E-state index in [-0.39, 0.29) is 6.79 Å². The van der Waals surface area contributed by atoms with Crippen LogP contribution in [0, 0.1) is 5.92 Å². The van der Waals surface area contributed by atoms with Crippen molar-refractivity contribution < 1.29 is 14.2 Å². The molecule has 0 aromatic heterocycles. The molecular formula is C16H24BrNO3. The summed E-state index contributed by atoms with van der Waals surface area (Å²) >= 11 is 3.55. The maximum Gasteiger partial charge on any atom is 0.189 e. The van der Waals surface area contributed by atoms with Gasteiger partial charge in [-0.25, -0.2) is 0 Å². The van der Waals surface area contributed by atoms with E-state index in [0.717, 1.165) is 34.9 Å². The molecule has 21 heavy (non-hydrogen) atoms. The fraction of sp³-hybridized carbons (Fsp3) is 0.625. The minimum Gasteiger partial charge on any atom is -0.493 e. The van der Waals surface area contributed by atoms with Gasteiger partial charge in [-0.2, -0.15) is 0 Å². The molecule has 0 unspecified atom stereocenters. The molecule has 0 heterocycles. The Morgan fingerprint density at radius 1 is 1.33 bits per heavy atom. The first-order valence-corrected chi connectivity index (χ1v) is 8.19. The van der Waals surface area contributed by atoms with Crippen LogP contribution in [0.5, 0.6) is 11.5 Å². The molecule has 0 aliphatic heterocycles. The summed E-state index contributed by atoms with van der Waals surface area (Å²) in [5.74, 6) is 2.16. The van der Waals surface area contributed by atoms with Crippen LogP contribution in [0.15, 0.2) is 16.6 Å². The van der Waals surface area contributed by atoms with Gasteiger partial charge in [0.2, 0.25) is 0 Å². The number of ether oxygens (including phenoxy) is 3. The highest BCUT2D eigenvalue weighted by Crippen LogP contribution is 2.37. The summed E-state index contributed by atoms with van der Waals surface area (Å²) in [6, 6.07) is 4.49. The summed E-state index contributed by atoms with van der Waals surface area (Å²) in [7, 11) is 1.65. The molecule has 2 rings (SSSR count). The van der Waals surface area contributed by atoms with Crippen molar-refractivity contribution in [3.05, 3.63) is 22.2 Å². The van der Waals surface area contributed by atoms with Crippen molar-refractivity contribution >= 4 is 15.9 Å². The first-order chi connectivity index (χ1) is 10.1. The first kappa shape index (κ1) is 16.6. The number of benzene rings is 1. The Bertz CT molecular complexity index is 461. The van der Waals surface area contributed by atoms with Gasteiger partial charge in [-0.05, 0) is 52.4 Å². The largest absolute Gasteiger partial charge is 0.493 e. The molecule has 0 bridgehead atoms. The van der Waals surface area contributed by atoms with Gasteiger partial charge >= 0.3 is 0 Å². The molecule has 4 nitrogen and oxygen atoms in total. The smallest absolute Gasteiger partial charge is 0.189 e. The summed E-state index contributed by atoms with van der Waals surface area (Å²) in [5.41, 5.74) is 1.15. The van der Waals surface area contributed by atoms with Crippen LogP contribution in [0.4, 0.5) is 0 Å². The maximum absolute atomic E-state index is 5.70. The van der Waals surface area contributed by atoms with Gasteiger partial charge in [0.25, 0.3) is 0 Å². The second kappa shape index (κ2) is 8.01. The zero-order valence-corrected chi connectivity index (χ0v) is 14.5. The van der Waals surface area contributed by atoms with Gasteiger partial charge in [0.15, 0.2) is 18.3 Å². The van der Waals surface area contributed by atoms with E-state index in [1.54, 1.807) is 7.11 Å². The molecule has 0 amide bonds. The Labute approximate surface area is 135 Å². The van der Waals surface area contributed by atoms with Crippen LogP contribution in [0.2, 0.25) is 0 Å². The Kier molecular flexibility index (Phi) is 6.33. The Hall–Kier alpha value is -0.780. The van der Waals surface area contributed by atoms with Gasteiger partial charge in [0.05, 0.1) is 18.2 Å². The number of hydrogen-bond acceptors (Lipinski definition) is 4. The summed E-state index contributed by atoms with van der Waals surface area (Å²) in [6.07, 6.45) is 2.56. The molecular weight excluding hydrogens is 334 g/mol. The number of hydrogen-bond donors (Lipinski definition) is 1. The quantitative estimate of drug-likeness (QED) is 0.540. The number of halogens is 1. The van der Waals surface area contributed by atoms with Crippen molar-refractivity contribution in [2.24, 2.45) is 5.92 Å². The van der Waals surface area contributed by atoms with Crippen molar-refractivity contribution in [1.29, 1.82) is 0 Å². The number of nitrogens with one attached hydrogen (secondary N) is 1. The summed E-state index contributed by atoms with van der Waals surface area (Å²) in [5, 5.41) is 3.39. The van der Waals surface area contributed by atoms with Crippen molar-refractivity contribution in [3.8, 4) is 11.5 Å². The Morgan fingerprint density at radius 3 is 2.71 bits per heavy atom. The zero-order chi connectivity index (χ0) is 15.2. The first-order valence-electron chi connectivity index (χ1n) is 7.40. The van der Waals surface area contributed by atoms with Crippen LogP contribution in [0.25, 0.3) is 0 Å². The highest BCUT2D eigenvalue weighted by molar-refractivity contribution is 9.10. The van der Waals surface area contributed by atoms with E-state index in [9.17, 15) is 0 Å².